The summed E-state index contributed by atoms with van der Waals surface area (Å²) in [5.74, 6) is 0.725. The normalized spacial score (nSPS) is 17.9. The molecule has 0 saturated heterocycles. The van der Waals surface area contributed by atoms with Crippen LogP contribution in [0.1, 0.15) is 49.9 Å². The van der Waals surface area contributed by atoms with Crippen LogP contribution in [-0.4, -0.2) is 6.54 Å². The summed E-state index contributed by atoms with van der Waals surface area (Å²) in [5, 5.41) is 4.79. The SMILES string of the molecule is CCNC(CC1CCCC1)c1cc2ccc(F)cc2s1. The van der Waals surface area contributed by atoms with Gasteiger partial charge in [-0.15, -0.1) is 11.3 Å². The lowest BCUT2D eigenvalue weighted by atomic mass is 9.97. The van der Waals surface area contributed by atoms with E-state index in [9.17, 15) is 4.39 Å². The van der Waals surface area contributed by atoms with Gasteiger partial charge in [-0.05, 0) is 42.5 Å². The van der Waals surface area contributed by atoms with Gasteiger partial charge in [0.15, 0.2) is 0 Å². The Labute approximate surface area is 124 Å². The fraction of sp³-hybridized carbons (Fsp3) is 0.529. The quantitative estimate of drug-likeness (QED) is 0.791. The van der Waals surface area contributed by atoms with E-state index >= 15 is 0 Å². The van der Waals surface area contributed by atoms with Gasteiger partial charge in [0.25, 0.3) is 0 Å². The van der Waals surface area contributed by atoms with Crippen LogP contribution in [0.15, 0.2) is 24.3 Å². The fourth-order valence-corrected chi connectivity index (χ4v) is 4.50. The standard InChI is InChI=1S/C17H22FNS/c1-2-19-15(9-12-5-3-4-6-12)17-10-13-7-8-14(18)11-16(13)20-17/h7-8,10-12,15,19H,2-6,9H2,1H3. The van der Waals surface area contributed by atoms with E-state index in [-0.39, 0.29) is 5.82 Å². The van der Waals surface area contributed by atoms with Crippen LogP contribution in [0, 0.1) is 11.7 Å². The van der Waals surface area contributed by atoms with Crippen molar-refractivity contribution in [2.45, 2.75) is 45.1 Å². The summed E-state index contributed by atoms with van der Waals surface area (Å²) < 4.78 is 14.4. The van der Waals surface area contributed by atoms with Crippen molar-refractivity contribution >= 4 is 21.4 Å². The number of benzene rings is 1. The van der Waals surface area contributed by atoms with Crippen molar-refractivity contribution in [3.8, 4) is 0 Å². The molecular weight excluding hydrogens is 269 g/mol. The lowest BCUT2D eigenvalue weighted by Crippen LogP contribution is -2.22. The van der Waals surface area contributed by atoms with E-state index in [1.54, 1.807) is 23.5 Å². The molecule has 0 radical (unpaired) electrons. The van der Waals surface area contributed by atoms with E-state index in [0.29, 0.717) is 6.04 Å². The molecule has 1 aromatic heterocycles. The zero-order valence-electron chi connectivity index (χ0n) is 12.0. The molecule has 0 aliphatic heterocycles. The summed E-state index contributed by atoms with van der Waals surface area (Å²) in [6.07, 6.45) is 6.76. The highest BCUT2D eigenvalue weighted by molar-refractivity contribution is 7.19. The third kappa shape index (κ3) is 3.04. The molecule has 3 rings (SSSR count). The second-order valence-corrected chi connectivity index (χ2v) is 6.94. The second-order valence-electron chi connectivity index (χ2n) is 5.83. The summed E-state index contributed by atoms with van der Waals surface area (Å²) in [6, 6.07) is 7.77. The van der Waals surface area contributed by atoms with E-state index < -0.39 is 0 Å². The minimum Gasteiger partial charge on any atom is -0.310 e. The Kier molecular flexibility index (Phi) is 4.37. The average molecular weight is 291 g/mol. The van der Waals surface area contributed by atoms with Crippen LogP contribution in [0.2, 0.25) is 0 Å². The predicted molar refractivity (Wildman–Crippen MR) is 84.8 cm³/mol. The molecule has 1 aliphatic carbocycles. The van der Waals surface area contributed by atoms with Crippen LogP contribution < -0.4 is 5.32 Å². The minimum absolute atomic E-state index is 0.137. The molecule has 3 heteroatoms. The van der Waals surface area contributed by atoms with Gasteiger partial charge in [0, 0.05) is 15.6 Å². The molecule has 2 aromatic rings. The van der Waals surface area contributed by atoms with Crippen molar-refractivity contribution in [2.75, 3.05) is 6.54 Å². The summed E-state index contributed by atoms with van der Waals surface area (Å²) in [4.78, 5) is 1.36. The summed E-state index contributed by atoms with van der Waals surface area (Å²) in [6.45, 7) is 3.15. The Morgan fingerprint density at radius 3 is 2.85 bits per heavy atom. The lowest BCUT2D eigenvalue weighted by Gasteiger charge is -2.20. The van der Waals surface area contributed by atoms with Gasteiger partial charge in [-0.2, -0.15) is 0 Å². The molecular formula is C17H22FNS. The van der Waals surface area contributed by atoms with Crippen LogP contribution in [0.4, 0.5) is 4.39 Å². The fourth-order valence-electron chi connectivity index (χ4n) is 3.32. The Morgan fingerprint density at radius 1 is 1.30 bits per heavy atom. The first kappa shape index (κ1) is 14.0. The third-order valence-corrected chi connectivity index (χ3v) is 5.55. The van der Waals surface area contributed by atoms with Crippen molar-refractivity contribution in [1.82, 2.24) is 5.32 Å². The number of hydrogen-bond donors (Lipinski definition) is 1. The highest BCUT2D eigenvalue weighted by Crippen LogP contribution is 2.37. The molecule has 0 amide bonds. The number of hydrogen-bond acceptors (Lipinski definition) is 2. The Bertz CT molecular complexity index is 571. The molecule has 1 aromatic carbocycles. The van der Waals surface area contributed by atoms with Gasteiger partial charge in [-0.25, -0.2) is 4.39 Å². The molecule has 1 heterocycles. The van der Waals surface area contributed by atoms with Crippen molar-refractivity contribution in [3.05, 3.63) is 35.0 Å². The largest absolute Gasteiger partial charge is 0.310 e. The maximum Gasteiger partial charge on any atom is 0.124 e. The van der Waals surface area contributed by atoms with Gasteiger partial charge in [-0.3, -0.25) is 0 Å². The molecule has 108 valence electrons. The minimum atomic E-state index is -0.137. The van der Waals surface area contributed by atoms with Crippen molar-refractivity contribution in [3.63, 3.8) is 0 Å². The number of nitrogens with one attached hydrogen (secondary N) is 1. The highest BCUT2D eigenvalue weighted by Gasteiger charge is 2.22. The second kappa shape index (κ2) is 6.23. The molecule has 1 nitrogen and oxygen atoms in total. The summed E-state index contributed by atoms with van der Waals surface area (Å²) in [5.41, 5.74) is 0. The van der Waals surface area contributed by atoms with Crippen molar-refractivity contribution < 1.29 is 4.39 Å². The molecule has 1 N–H and O–H groups in total. The van der Waals surface area contributed by atoms with E-state index in [4.69, 9.17) is 0 Å². The predicted octanol–water partition coefficient (Wildman–Crippen LogP) is 5.27. The molecule has 1 fully saturated rings. The Morgan fingerprint density at radius 2 is 2.10 bits per heavy atom. The number of thiophene rings is 1. The van der Waals surface area contributed by atoms with E-state index in [1.165, 1.54) is 42.4 Å². The number of halogens is 1. The first-order valence-electron chi connectivity index (χ1n) is 7.68. The Hall–Kier alpha value is -0.930. The van der Waals surface area contributed by atoms with Crippen LogP contribution in [0.3, 0.4) is 0 Å². The first-order chi connectivity index (χ1) is 9.76. The van der Waals surface area contributed by atoms with Crippen LogP contribution in [0.25, 0.3) is 10.1 Å². The molecule has 1 aliphatic rings. The zero-order chi connectivity index (χ0) is 13.9. The molecule has 0 spiro atoms. The maximum absolute atomic E-state index is 13.3. The van der Waals surface area contributed by atoms with Gasteiger partial charge in [0.05, 0.1) is 0 Å². The molecule has 20 heavy (non-hydrogen) atoms. The van der Waals surface area contributed by atoms with Crippen molar-refractivity contribution in [2.24, 2.45) is 5.92 Å². The third-order valence-electron chi connectivity index (χ3n) is 4.34. The van der Waals surface area contributed by atoms with Crippen LogP contribution >= 0.6 is 11.3 Å². The lowest BCUT2D eigenvalue weighted by molar-refractivity contribution is 0.405. The van der Waals surface area contributed by atoms with E-state index in [0.717, 1.165) is 17.2 Å². The monoisotopic (exact) mass is 291 g/mol. The molecule has 1 atom stereocenters. The summed E-state index contributed by atoms with van der Waals surface area (Å²) in [7, 11) is 0. The summed E-state index contributed by atoms with van der Waals surface area (Å²) >= 11 is 1.74. The number of fused-ring (bicyclic) bond motifs is 1. The molecule has 0 bridgehead atoms. The smallest absolute Gasteiger partial charge is 0.124 e. The molecule has 1 saturated carbocycles. The van der Waals surface area contributed by atoms with Gasteiger partial charge in [0.2, 0.25) is 0 Å². The van der Waals surface area contributed by atoms with Gasteiger partial charge >= 0.3 is 0 Å². The van der Waals surface area contributed by atoms with Gasteiger partial charge < -0.3 is 5.32 Å². The average Bonchev–Trinajstić information content (AvgIpc) is 3.06. The van der Waals surface area contributed by atoms with Crippen molar-refractivity contribution in [1.29, 1.82) is 0 Å². The highest BCUT2D eigenvalue weighted by atomic mass is 32.1. The van der Waals surface area contributed by atoms with Crippen LogP contribution in [-0.2, 0) is 0 Å². The van der Waals surface area contributed by atoms with Crippen LogP contribution in [0.5, 0.6) is 0 Å². The van der Waals surface area contributed by atoms with E-state index in [1.807, 2.05) is 6.07 Å². The van der Waals surface area contributed by atoms with Gasteiger partial charge in [-0.1, -0.05) is 38.7 Å². The Balaban J connectivity index is 1.83. The maximum atomic E-state index is 13.3. The molecule has 1 unspecified atom stereocenters. The van der Waals surface area contributed by atoms with Gasteiger partial charge in [0.1, 0.15) is 5.82 Å². The topological polar surface area (TPSA) is 12.0 Å². The number of rotatable bonds is 5. The first-order valence-corrected chi connectivity index (χ1v) is 8.50. The zero-order valence-corrected chi connectivity index (χ0v) is 12.8. The van der Waals surface area contributed by atoms with E-state index in [2.05, 4.69) is 18.3 Å².